The van der Waals surface area contributed by atoms with Crippen molar-refractivity contribution < 1.29 is 9.59 Å². The first-order valence-corrected chi connectivity index (χ1v) is 10.8. The minimum Gasteiger partial charge on any atom is -0.340 e. The van der Waals surface area contributed by atoms with Crippen LogP contribution in [0.25, 0.3) is 0 Å². The van der Waals surface area contributed by atoms with Gasteiger partial charge in [-0.25, -0.2) is 4.79 Å². The molecule has 0 aromatic carbocycles. The molecule has 3 saturated heterocycles. The Labute approximate surface area is 157 Å². The summed E-state index contributed by atoms with van der Waals surface area (Å²) >= 11 is 0. The molecular formula is C20H34N4O2. The zero-order chi connectivity index (χ0) is 18.1. The lowest BCUT2D eigenvalue weighted by atomic mass is 9.80. The van der Waals surface area contributed by atoms with Crippen LogP contribution in [-0.4, -0.2) is 66.0 Å². The predicted octanol–water partition coefficient (Wildman–Crippen LogP) is 1.95. The van der Waals surface area contributed by atoms with Gasteiger partial charge in [-0.15, -0.1) is 0 Å². The molecule has 4 rings (SSSR count). The predicted molar refractivity (Wildman–Crippen MR) is 101 cm³/mol. The van der Waals surface area contributed by atoms with E-state index in [4.69, 9.17) is 0 Å². The van der Waals surface area contributed by atoms with Gasteiger partial charge in [0.2, 0.25) is 5.91 Å². The van der Waals surface area contributed by atoms with E-state index in [1.54, 1.807) is 0 Å². The second-order valence-electron chi connectivity index (χ2n) is 8.71. The van der Waals surface area contributed by atoms with Crippen LogP contribution in [0.4, 0.5) is 4.79 Å². The molecule has 0 radical (unpaired) electrons. The van der Waals surface area contributed by atoms with E-state index < -0.39 is 0 Å². The highest BCUT2D eigenvalue weighted by Gasteiger charge is 2.46. The zero-order valence-corrected chi connectivity index (χ0v) is 16.1. The molecule has 0 spiro atoms. The van der Waals surface area contributed by atoms with Crippen molar-refractivity contribution in [2.24, 2.45) is 11.8 Å². The molecule has 4 aliphatic rings. The molecule has 3 aliphatic heterocycles. The molecule has 6 nitrogen and oxygen atoms in total. The third kappa shape index (κ3) is 3.45. The van der Waals surface area contributed by atoms with Crippen LogP contribution in [0.2, 0.25) is 0 Å². The third-order valence-corrected chi connectivity index (χ3v) is 7.26. The van der Waals surface area contributed by atoms with Gasteiger partial charge in [0.15, 0.2) is 0 Å². The van der Waals surface area contributed by atoms with E-state index in [2.05, 4.69) is 22.5 Å². The summed E-state index contributed by atoms with van der Waals surface area (Å²) in [6, 6.07) is 0.829. The number of carbonyl (C=O) groups excluding carboxylic acids is 2. The lowest BCUT2D eigenvalue weighted by Gasteiger charge is -2.41. The van der Waals surface area contributed by atoms with E-state index in [9.17, 15) is 9.59 Å². The molecule has 3 amide bonds. The van der Waals surface area contributed by atoms with E-state index in [0.717, 1.165) is 57.7 Å². The number of carbonyl (C=O) groups is 2. The normalized spacial score (nSPS) is 36.0. The average molecular weight is 363 g/mol. The molecular weight excluding hydrogens is 328 g/mol. The van der Waals surface area contributed by atoms with E-state index in [0.29, 0.717) is 18.5 Å². The minimum absolute atomic E-state index is 0.0876. The molecule has 146 valence electrons. The van der Waals surface area contributed by atoms with Gasteiger partial charge in [0.05, 0.1) is 12.1 Å². The number of rotatable bonds is 3. The Morgan fingerprint density at radius 3 is 2.50 bits per heavy atom. The third-order valence-electron chi connectivity index (χ3n) is 7.26. The Morgan fingerprint density at radius 2 is 1.81 bits per heavy atom. The topological polar surface area (TPSA) is 64.7 Å². The van der Waals surface area contributed by atoms with Crippen molar-refractivity contribution in [3.05, 3.63) is 0 Å². The highest BCUT2D eigenvalue weighted by atomic mass is 16.2. The van der Waals surface area contributed by atoms with Gasteiger partial charge in [-0.2, -0.15) is 0 Å². The fourth-order valence-corrected chi connectivity index (χ4v) is 5.60. The lowest BCUT2D eigenvalue weighted by Crippen LogP contribution is -2.56. The van der Waals surface area contributed by atoms with Gasteiger partial charge in [0, 0.05) is 25.0 Å². The number of nitrogens with zero attached hydrogens (tertiary/aromatic N) is 2. The number of amides is 3. The number of hydrogen-bond donors (Lipinski definition) is 2. The quantitative estimate of drug-likeness (QED) is 0.807. The minimum atomic E-state index is 0.0876. The molecule has 26 heavy (non-hydrogen) atoms. The summed E-state index contributed by atoms with van der Waals surface area (Å²) in [5.74, 6) is 1.37. The summed E-state index contributed by atoms with van der Waals surface area (Å²) in [5, 5.41) is 6.56. The summed E-state index contributed by atoms with van der Waals surface area (Å²) in [5.41, 5.74) is 0. The van der Waals surface area contributed by atoms with Gasteiger partial charge in [-0.05, 0) is 64.0 Å². The summed E-state index contributed by atoms with van der Waals surface area (Å²) in [6.07, 6.45) is 8.75. The highest BCUT2D eigenvalue weighted by Crippen LogP contribution is 2.33. The van der Waals surface area contributed by atoms with Crippen LogP contribution < -0.4 is 10.6 Å². The molecule has 3 heterocycles. The van der Waals surface area contributed by atoms with E-state index in [-0.39, 0.29) is 24.0 Å². The van der Waals surface area contributed by atoms with Crippen LogP contribution >= 0.6 is 0 Å². The van der Waals surface area contributed by atoms with Crippen molar-refractivity contribution in [2.45, 2.75) is 76.4 Å². The molecule has 2 N–H and O–H groups in total. The zero-order valence-electron chi connectivity index (χ0n) is 16.1. The van der Waals surface area contributed by atoms with Crippen molar-refractivity contribution in [1.82, 2.24) is 20.4 Å². The van der Waals surface area contributed by atoms with Crippen molar-refractivity contribution >= 4 is 11.9 Å². The fourth-order valence-electron chi connectivity index (χ4n) is 5.60. The number of piperidine rings is 2. The first-order valence-electron chi connectivity index (χ1n) is 10.8. The SMILES string of the molecule is CCC1CCC(C(=O)N2CCC3C(C2)NC(=O)N3C2CCNCC2)CC1. The summed E-state index contributed by atoms with van der Waals surface area (Å²) in [4.78, 5) is 29.7. The summed E-state index contributed by atoms with van der Waals surface area (Å²) in [6.45, 7) is 5.76. The highest BCUT2D eigenvalue weighted by molar-refractivity contribution is 5.81. The maximum absolute atomic E-state index is 13.0. The number of hydrogen-bond acceptors (Lipinski definition) is 3. The maximum Gasteiger partial charge on any atom is 0.318 e. The number of nitrogens with one attached hydrogen (secondary N) is 2. The smallest absolute Gasteiger partial charge is 0.318 e. The average Bonchev–Trinajstić information content (AvgIpc) is 3.03. The van der Waals surface area contributed by atoms with Crippen molar-refractivity contribution in [3.8, 4) is 0 Å². The Balaban J connectivity index is 1.35. The monoisotopic (exact) mass is 362 g/mol. The Morgan fingerprint density at radius 1 is 1.08 bits per heavy atom. The fraction of sp³-hybridized carbons (Fsp3) is 0.900. The van der Waals surface area contributed by atoms with Crippen LogP contribution in [0, 0.1) is 11.8 Å². The molecule has 0 aromatic rings. The molecule has 6 heteroatoms. The van der Waals surface area contributed by atoms with Gasteiger partial charge >= 0.3 is 6.03 Å². The van der Waals surface area contributed by atoms with E-state index in [1.807, 2.05) is 4.90 Å². The summed E-state index contributed by atoms with van der Waals surface area (Å²) < 4.78 is 0. The van der Waals surface area contributed by atoms with Crippen molar-refractivity contribution in [1.29, 1.82) is 0 Å². The van der Waals surface area contributed by atoms with Gasteiger partial charge in [-0.1, -0.05) is 13.3 Å². The second kappa shape index (κ2) is 7.75. The summed E-state index contributed by atoms with van der Waals surface area (Å²) in [7, 11) is 0. The van der Waals surface area contributed by atoms with E-state index in [1.165, 1.54) is 19.3 Å². The molecule has 0 aromatic heterocycles. The Bertz CT molecular complexity index is 526. The molecule has 4 fully saturated rings. The Hall–Kier alpha value is -1.30. The standard InChI is InChI=1S/C20H34N4O2/c1-2-14-3-5-15(6-4-14)19(25)23-12-9-18-17(13-23)22-20(26)24(18)16-7-10-21-11-8-16/h14-18,21H,2-13H2,1H3,(H,22,26). The first kappa shape index (κ1) is 18.1. The first-order chi connectivity index (χ1) is 12.7. The molecule has 2 atom stereocenters. The van der Waals surface area contributed by atoms with Crippen LogP contribution in [0.5, 0.6) is 0 Å². The maximum atomic E-state index is 13.0. The van der Waals surface area contributed by atoms with Crippen molar-refractivity contribution in [2.75, 3.05) is 26.2 Å². The van der Waals surface area contributed by atoms with Crippen LogP contribution in [-0.2, 0) is 4.79 Å². The largest absolute Gasteiger partial charge is 0.340 e. The number of likely N-dealkylation sites (tertiary alicyclic amines) is 1. The van der Waals surface area contributed by atoms with Gasteiger partial charge in [-0.3, -0.25) is 4.79 Å². The number of urea groups is 1. The van der Waals surface area contributed by atoms with Gasteiger partial charge in [0.1, 0.15) is 0 Å². The molecule has 0 bridgehead atoms. The number of fused-ring (bicyclic) bond motifs is 1. The van der Waals surface area contributed by atoms with E-state index >= 15 is 0 Å². The van der Waals surface area contributed by atoms with Crippen molar-refractivity contribution in [3.63, 3.8) is 0 Å². The Kier molecular flexibility index (Phi) is 5.39. The second-order valence-corrected chi connectivity index (χ2v) is 8.71. The van der Waals surface area contributed by atoms with Crippen LogP contribution in [0.1, 0.15) is 58.3 Å². The molecule has 1 saturated carbocycles. The molecule has 1 aliphatic carbocycles. The lowest BCUT2D eigenvalue weighted by molar-refractivity contribution is -0.138. The molecule has 2 unspecified atom stereocenters. The van der Waals surface area contributed by atoms with Gasteiger partial charge in [0.25, 0.3) is 0 Å². The van der Waals surface area contributed by atoms with Crippen LogP contribution in [0.15, 0.2) is 0 Å². The van der Waals surface area contributed by atoms with Gasteiger partial charge < -0.3 is 20.4 Å². The van der Waals surface area contributed by atoms with Crippen LogP contribution in [0.3, 0.4) is 0 Å².